The molecular weight excluding hydrogens is 258 g/mol. The maximum Gasteiger partial charge on any atom is 0.269 e. The molecule has 0 radical (unpaired) electrons. The van der Waals surface area contributed by atoms with Crippen molar-refractivity contribution in [3.8, 4) is 0 Å². The van der Waals surface area contributed by atoms with Crippen LogP contribution in [0.3, 0.4) is 0 Å². The van der Waals surface area contributed by atoms with E-state index < -0.39 is 0 Å². The lowest BCUT2D eigenvalue weighted by Gasteiger charge is -2.09. The van der Waals surface area contributed by atoms with Gasteiger partial charge in [-0.2, -0.15) is 5.10 Å². The fraction of sp³-hybridized carbons (Fsp3) is 0.600. The summed E-state index contributed by atoms with van der Waals surface area (Å²) in [7, 11) is 1.77. The Balaban J connectivity index is 1.84. The van der Waals surface area contributed by atoms with Crippen molar-refractivity contribution in [1.29, 1.82) is 0 Å². The Labute approximate surface area is 97.2 Å². The molecule has 0 saturated heterocycles. The Morgan fingerprint density at radius 3 is 3.07 bits per heavy atom. The monoisotopic (exact) mass is 271 g/mol. The summed E-state index contributed by atoms with van der Waals surface area (Å²) < 4.78 is 1.58. The average molecular weight is 272 g/mol. The first-order chi connectivity index (χ1) is 7.18. The van der Waals surface area contributed by atoms with Gasteiger partial charge in [-0.3, -0.25) is 9.48 Å². The molecule has 1 unspecified atom stereocenters. The normalized spacial score (nSPS) is 17.5. The Kier molecular flexibility index (Phi) is 3.09. The maximum atomic E-state index is 11.7. The van der Waals surface area contributed by atoms with E-state index in [-0.39, 0.29) is 5.91 Å². The van der Waals surface area contributed by atoms with Crippen LogP contribution in [-0.2, 0) is 7.05 Å². The number of aryl methyl sites for hydroxylation is 1. The van der Waals surface area contributed by atoms with Gasteiger partial charge in [-0.25, -0.2) is 0 Å². The summed E-state index contributed by atoms with van der Waals surface area (Å²) in [6.45, 7) is 0.689. The number of halogens is 1. The molecule has 1 fully saturated rings. The van der Waals surface area contributed by atoms with Crippen molar-refractivity contribution in [2.45, 2.75) is 17.7 Å². The van der Waals surface area contributed by atoms with Gasteiger partial charge in [0.25, 0.3) is 5.91 Å². The summed E-state index contributed by atoms with van der Waals surface area (Å²) in [4.78, 5) is 12.1. The van der Waals surface area contributed by atoms with Gasteiger partial charge in [0.1, 0.15) is 5.69 Å². The minimum absolute atomic E-state index is 0.0555. The van der Waals surface area contributed by atoms with Crippen molar-refractivity contribution in [1.82, 2.24) is 15.1 Å². The van der Waals surface area contributed by atoms with E-state index in [9.17, 15) is 4.79 Å². The van der Waals surface area contributed by atoms with Crippen LogP contribution >= 0.6 is 15.9 Å². The van der Waals surface area contributed by atoms with E-state index in [1.54, 1.807) is 24.0 Å². The Hall–Kier alpha value is -0.840. The number of carbonyl (C=O) groups excluding carboxylic acids is 1. The molecule has 1 saturated carbocycles. The van der Waals surface area contributed by atoms with Crippen molar-refractivity contribution in [3.05, 3.63) is 18.0 Å². The number of hydrogen-bond acceptors (Lipinski definition) is 2. The molecule has 0 aliphatic heterocycles. The van der Waals surface area contributed by atoms with Crippen LogP contribution in [-0.4, -0.2) is 27.1 Å². The first-order valence-electron chi connectivity index (χ1n) is 5.09. The van der Waals surface area contributed by atoms with Gasteiger partial charge < -0.3 is 5.32 Å². The molecule has 0 aromatic carbocycles. The number of rotatable bonds is 4. The van der Waals surface area contributed by atoms with Crippen LogP contribution in [0.15, 0.2) is 12.3 Å². The highest BCUT2D eigenvalue weighted by Crippen LogP contribution is 2.36. The average Bonchev–Trinajstić information content (AvgIpc) is 2.98. The molecule has 1 amide bonds. The van der Waals surface area contributed by atoms with Crippen LogP contribution < -0.4 is 5.32 Å². The van der Waals surface area contributed by atoms with Gasteiger partial charge in [-0.15, -0.1) is 0 Å². The first-order valence-corrected chi connectivity index (χ1v) is 6.00. The SMILES string of the molecule is Cn1nccc1C(=O)NCC(Br)C1CC1. The van der Waals surface area contributed by atoms with E-state index in [2.05, 4.69) is 26.3 Å². The summed E-state index contributed by atoms with van der Waals surface area (Å²) in [6, 6.07) is 1.72. The van der Waals surface area contributed by atoms with Crippen LogP contribution in [0, 0.1) is 5.92 Å². The van der Waals surface area contributed by atoms with Gasteiger partial charge >= 0.3 is 0 Å². The molecular formula is C10H14BrN3O. The highest BCUT2D eigenvalue weighted by molar-refractivity contribution is 9.09. The molecule has 1 aromatic rings. The van der Waals surface area contributed by atoms with Gasteiger partial charge in [0.2, 0.25) is 0 Å². The van der Waals surface area contributed by atoms with E-state index in [0.717, 1.165) is 5.92 Å². The summed E-state index contributed by atoms with van der Waals surface area (Å²) in [5.74, 6) is 0.692. The second-order valence-corrected chi connectivity index (χ2v) is 5.08. The Morgan fingerprint density at radius 2 is 2.53 bits per heavy atom. The number of aromatic nitrogens is 2. The van der Waals surface area contributed by atoms with E-state index in [0.29, 0.717) is 17.1 Å². The quantitative estimate of drug-likeness (QED) is 0.840. The zero-order chi connectivity index (χ0) is 10.8. The summed E-state index contributed by atoms with van der Waals surface area (Å²) in [5, 5.41) is 6.86. The van der Waals surface area contributed by atoms with Crippen LogP contribution in [0.4, 0.5) is 0 Å². The smallest absolute Gasteiger partial charge is 0.269 e. The van der Waals surface area contributed by atoms with Gasteiger partial charge in [-0.05, 0) is 24.8 Å². The van der Waals surface area contributed by atoms with Crippen LogP contribution in [0.2, 0.25) is 0 Å². The number of hydrogen-bond donors (Lipinski definition) is 1. The third kappa shape index (κ3) is 2.59. The topological polar surface area (TPSA) is 46.9 Å². The maximum absolute atomic E-state index is 11.7. The minimum atomic E-state index is -0.0555. The fourth-order valence-electron chi connectivity index (χ4n) is 1.50. The predicted molar refractivity (Wildman–Crippen MR) is 61.0 cm³/mol. The summed E-state index contributed by atoms with van der Waals surface area (Å²) in [6.07, 6.45) is 4.18. The van der Waals surface area contributed by atoms with Crippen molar-refractivity contribution in [2.75, 3.05) is 6.54 Å². The molecule has 1 N–H and O–H groups in total. The van der Waals surface area contributed by atoms with E-state index in [4.69, 9.17) is 0 Å². The number of carbonyl (C=O) groups is 1. The first kappa shape index (κ1) is 10.7. The second-order valence-electron chi connectivity index (χ2n) is 3.90. The molecule has 0 bridgehead atoms. The fourth-order valence-corrected chi connectivity index (χ4v) is 2.19. The van der Waals surface area contributed by atoms with Gasteiger partial charge in [0.15, 0.2) is 0 Å². The largest absolute Gasteiger partial charge is 0.350 e. The minimum Gasteiger partial charge on any atom is -0.350 e. The number of nitrogens with one attached hydrogen (secondary N) is 1. The molecule has 1 aliphatic rings. The molecule has 4 nitrogen and oxygen atoms in total. The Morgan fingerprint density at radius 1 is 1.80 bits per heavy atom. The highest BCUT2D eigenvalue weighted by atomic mass is 79.9. The molecule has 1 atom stereocenters. The van der Waals surface area contributed by atoms with Gasteiger partial charge in [-0.1, -0.05) is 15.9 Å². The van der Waals surface area contributed by atoms with Crippen LogP contribution in [0.1, 0.15) is 23.3 Å². The zero-order valence-corrected chi connectivity index (χ0v) is 10.2. The van der Waals surface area contributed by atoms with Crippen molar-refractivity contribution >= 4 is 21.8 Å². The molecule has 0 spiro atoms. The third-order valence-corrected chi connectivity index (χ3v) is 3.72. The highest BCUT2D eigenvalue weighted by Gasteiger charge is 2.29. The molecule has 2 rings (SSSR count). The zero-order valence-electron chi connectivity index (χ0n) is 8.61. The van der Waals surface area contributed by atoms with Crippen molar-refractivity contribution in [2.24, 2.45) is 13.0 Å². The van der Waals surface area contributed by atoms with E-state index in [1.807, 2.05) is 0 Å². The Bertz CT molecular complexity index is 359. The van der Waals surface area contributed by atoms with Gasteiger partial charge in [0, 0.05) is 24.6 Å². The standard InChI is InChI=1S/C10H14BrN3O/c1-14-9(4-5-13-14)10(15)12-6-8(11)7-2-3-7/h4-5,7-8H,2-3,6H2,1H3,(H,12,15). The summed E-state index contributed by atoms with van der Waals surface area (Å²) in [5.41, 5.74) is 0.602. The van der Waals surface area contributed by atoms with Crippen molar-refractivity contribution in [3.63, 3.8) is 0 Å². The van der Waals surface area contributed by atoms with E-state index in [1.165, 1.54) is 12.8 Å². The van der Waals surface area contributed by atoms with Gasteiger partial charge in [0.05, 0.1) is 0 Å². The summed E-state index contributed by atoms with van der Waals surface area (Å²) >= 11 is 3.58. The molecule has 1 aliphatic carbocycles. The molecule has 1 aromatic heterocycles. The van der Waals surface area contributed by atoms with Crippen LogP contribution in [0.25, 0.3) is 0 Å². The number of nitrogens with zero attached hydrogens (tertiary/aromatic N) is 2. The second kappa shape index (κ2) is 4.35. The van der Waals surface area contributed by atoms with Crippen molar-refractivity contribution < 1.29 is 4.79 Å². The molecule has 15 heavy (non-hydrogen) atoms. The lowest BCUT2D eigenvalue weighted by atomic mass is 10.3. The van der Waals surface area contributed by atoms with E-state index >= 15 is 0 Å². The predicted octanol–water partition coefficient (Wildman–Crippen LogP) is 1.32. The third-order valence-electron chi connectivity index (χ3n) is 2.64. The lowest BCUT2D eigenvalue weighted by Crippen LogP contribution is -2.31. The number of amides is 1. The molecule has 1 heterocycles. The number of alkyl halides is 1. The lowest BCUT2D eigenvalue weighted by molar-refractivity contribution is 0.0944. The molecule has 5 heteroatoms. The molecule has 82 valence electrons. The van der Waals surface area contributed by atoms with Crippen LogP contribution in [0.5, 0.6) is 0 Å².